The SMILES string of the molecule is Cc1[c-]c(-c2ccccn2)cc(-c2ccccc2)c1.[Ir]. The van der Waals surface area contributed by atoms with Gasteiger partial charge in [0, 0.05) is 26.3 Å². The third-order valence-corrected chi connectivity index (χ3v) is 3.05. The van der Waals surface area contributed by atoms with E-state index in [4.69, 9.17) is 0 Å². The normalized spacial score (nSPS) is 9.85. The topological polar surface area (TPSA) is 12.9 Å². The molecule has 101 valence electrons. The summed E-state index contributed by atoms with van der Waals surface area (Å²) >= 11 is 0. The molecule has 3 aromatic rings. The Morgan fingerprint density at radius 3 is 2.30 bits per heavy atom. The Labute approximate surface area is 133 Å². The zero-order chi connectivity index (χ0) is 13.1. The second-order valence-corrected chi connectivity index (χ2v) is 4.55. The monoisotopic (exact) mass is 437 g/mol. The molecule has 3 rings (SSSR count). The van der Waals surface area contributed by atoms with Crippen LogP contribution >= 0.6 is 0 Å². The van der Waals surface area contributed by atoms with Crippen molar-refractivity contribution in [3.8, 4) is 22.4 Å². The van der Waals surface area contributed by atoms with Crippen molar-refractivity contribution in [1.29, 1.82) is 0 Å². The van der Waals surface area contributed by atoms with Crippen LogP contribution in [0.1, 0.15) is 5.56 Å². The molecule has 0 saturated heterocycles. The summed E-state index contributed by atoms with van der Waals surface area (Å²) in [6, 6.07) is 24.0. The van der Waals surface area contributed by atoms with Gasteiger partial charge in [0.05, 0.1) is 0 Å². The van der Waals surface area contributed by atoms with Gasteiger partial charge in [-0.25, -0.2) is 0 Å². The maximum Gasteiger partial charge on any atom is 0.0160 e. The van der Waals surface area contributed by atoms with Gasteiger partial charge in [-0.3, -0.25) is 0 Å². The summed E-state index contributed by atoms with van der Waals surface area (Å²) in [6.07, 6.45) is 1.81. The van der Waals surface area contributed by atoms with Crippen LogP contribution in [0.2, 0.25) is 0 Å². The van der Waals surface area contributed by atoms with Crippen molar-refractivity contribution < 1.29 is 20.1 Å². The molecule has 0 fully saturated rings. The Morgan fingerprint density at radius 1 is 0.850 bits per heavy atom. The first-order valence-corrected chi connectivity index (χ1v) is 6.34. The zero-order valence-electron chi connectivity index (χ0n) is 11.1. The second kappa shape index (κ2) is 6.60. The fraction of sp³-hybridized carbons (Fsp3) is 0.0556. The largest absolute Gasteiger partial charge is 0.305 e. The first-order chi connectivity index (χ1) is 9.33. The average Bonchev–Trinajstić information content (AvgIpc) is 2.48. The van der Waals surface area contributed by atoms with Gasteiger partial charge in [-0.05, 0) is 17.3 Å². The molecule has 2 heteroatoms. The average molecular weight is 437 g/mol. The van der Waals surface area contributed by atoms with Crippen molar-refractivity contribution >= 4 is 0 Å². The number of pyridine rings is 1. The van der Waals surface area contributed by atoms with Crippen LogP contribution in [0.25, 0.3) is 22.4 Å². The fourth-order valence-corrected chi connectivity index (χ4v) is 2.17. The van der Waals surface area contributed by atoms with E-state index < -0.39 is 0 Å². The number of aryl methyl sites for hydroxylation is 1. The molecular formula is C18H14IrN-. The first kappa shape index (κ1) is 14.6. The Hall–Kier alpha value is -1.76. The Bertz CT molecular complexity index is 621. The third-order valence-electron chi connectivity index (χ3n) is 3.05. The van der Waals surface area contributed by atoms with Gasteiger partial charge in [-0.1, -0.05) is 49.4 Å². The van der Waals surface area contributed by atoms with Crippen LogP contribution in [0.3, 0.4) is 0 Å². The van der Waals surface area contributed by atoms with E-state index in [1.165, 1.54) is 11.1 Å². The van der Waals surface area contributed by atoms with Crippen LogP contribution in [-0.4, -0.2) is 4.98 Å². The smallest absolute Gasteiger partial charge is 0.0160 e. The molecule has 2 aromatic carbocycles. The molecule has 20 heavy (non-hydrogen) atoms. The van der Waals surface area contributed by atoms with Gasteiger partial charge in [0.2, 0.25) is 0 Å². The van der Waals surface area contributed by atoms with Gasteiger partial charge in [0.1, 0.15) is 0 Å². The molecule has 0 amide bonds. The van der Waals surface area contributed by atoms with Crippen molar-refractivity contribution in [1.82, 2.24) is 4.98 Å². The Morgan fingerprint density at radius 2 is 1.60 bits per heavy atom. The summed E-state index contributed by atoms with van der Waals surface area (Å²) in [5.41, 5.74) is 5.55. The number of aromatic nitrogens is 1. The van der Waals surface area contributed by atoms with E-state index in [9.17, 15) is 0 Å². The predicted molar refractivity (Wildman–Crippen MR) is 78.7 cm³/mol. The van der Waals surface area contributed by atoms with Gasteiger partial charge in [-0.2, -0.15) is 0 Å². The first-order valence-electron chi connectivity index (χ1n) is 6.34. The fourth-order valence-electron chi connectivity index (χ4n) is 2.17. The van der Waals surface area contributed by atoms with Crippen molar-refractivity contribution in [2.75, 3.05) is 0 Å². The van der Waals surface area contributed by atoms with E-state index in [0.717, 1.165) is 16.8 Å². The number of nitrogens with zero attached hydrogens (tertiary/aromatic N) is 1. The van der Waals surface area contributed by atoms with Crippen LogP contribution < -0.4 is 0 Å². The van der Waals surface area contributed by atoms with E-state index in [1.54, 1.807) is 0 Å². The standard InChI is InChI=1S/C18H14N.Ir/c1-14-11-16(15-7-3-2-4-8-15)13-17(12-14)18-9-5-6-10-19-18;/h2-11,13H,1H3;/q-1;. The molecule has 0 aliphatic heterocycles. The molecule has 1 aromatic heterocycles. The second-order valence-electron chi connectivity index (χ2n) is 4.55. The van der Waals surface area contributed by atoms with Gasteiger partial charge >= 0.3 is 0 Å². The summed E-state index contributed by atoms with van der Waals surface area (Å²) in [4.78, 5) is 4.39. The molecule has 0 atom stereocenters. The van der Waals surface area contributed by atoms with E-state index in [2.05, 4.69) is 54.4 Å². The third kappa shape index (κ3) is 3.22. The Balaban J connectivity index is 0.00000147. The number of hydrogen-bond donors (Lipinski definition) is 0. The number of benzene rings is 2. The van der Waals surface area contributed by atoms with E-state index in [0.29, 0.717) is 0 Å². The molecule has 0 saturated carbocycles. The summed E-state index contributed by atoms with van der Waals surface area (Å²) in [7, 11) is 0. The summed E-state index contributed by atoms with van der Waals surface area (Å²) in [5, 5.41) is 0. The zero-order valence-corrected chi connectivity index (χ0v) is 13.5. The van der Waals surface area contributed by atoms with Crippen molar-refractivity contribution in [3.63, 3.8) is 0 Å². The maximum atomic E-state index is 4.39. The number of rotatable bonds is 2. The summed E-state index contributed by atoms with van der Waals surface area (Å²) < 4.78 is 0. The van der Waals surface area contributed by atoms with Crippen LogP contribution in [0.15, 0.2) is 66.9 Å². The van der Waals surface area contributed by atoms with Gasteiger partial charge in [0.25, 0.3) is 0 Å². The molecule has 1 nitrogen and oxygen atoms in total. The molecule has 0 aliphatic rings. The van der Waals surface area contributed by atoms with Gasteiger partial charge in [-0.15, -0.1) is 34.9 Å². The van der Waals surface area contributed by atoms with Crippen molar-refractivity contribution in [2.45, 2.75) is 6.92 Å². The van der Waals surface area contributed by atoms with Crippen molar-refractivity contribution in [3.05, 3.63) is 78.5 Å². The Kier molecular flexibility index (Phi) is 4.83. The summed E-state index contributed by atoms with van der Waals surface area (Å²) in [6.45, 7) is 2.07. The van der Waals surface area contributed by atoms with Crippen LogP contribution in [0.5, 0.6) is 0 Å². The van der Waals surface area contributed by atoms with Crippen LogP contribution in [0.4, 0.5) is 0 Å². The molecular weight excluding hydrogens is 422 g/mol. The summed E-state index contributed by atoms with van der Waals surface area (Å²) in [5.74, 6) is 0. The molecule has 0 unspecified atom stereocenters. The van der Waals surface area contributed by atoms with Gasteiger partial charge in [0.15, 0.2) is 0 Å². The minimum Gasteiger partial charge on any atom is -0.305 e. The molecule has 0 aliphatic carbocycles. The van der Waals surface area contributed by atoms with E-state index in [1.807, 2.05) is 30.5 Å². The van der Waals surface area contributed by atoms with Crippen molar-refractivity contribution in [2.24, 2.45) is 0 Å². The maximum absolute atomic E-state index is 4.39. The molecule has 0 bridgehead atoms. The minimum absolute atomic E-state index is 0. The van der Waals surface area contributed by atoms with Gasteiger partial charge < -0.3 is 4.98 Å². The quantitative estimate of drug-likeness (QED) is 0.539. The molecule has 0 spiro atoms. The minimum atomic E-state index is 0. The van der Waals surface area contributed by atoms with E-state index in [-0.39, 0.29) is 20.1 Å². The van der Waals surface area contributed by atoms with Crippen LogP contribution in [-0.2, 0) is 20.1 Å². The van der Waals surface area contributed by atoms with Crippen LogP contribution in [0, 0.1) is 13.0 Å². The predicted octanol–water partition coefficient (Wildman–Crippen LogP) is 4.52. The number of hydrogen-bond acceptors (Lipinski definition) is 1. The van der Waals surface area contributed by atoms with E-state index >= 15 is 0 Å². The molecule has 0 N–H and O–H groups in total. The molecule has 1 radical (unpaired) electrons. The molecule has 1 heterocycles.